The number of hydrogen-bond acceptors (Lipinski definition) is 2. The van der Waals surface area contributed by atoms with Crippen molar-refractivity contribution in [2.45, 2.75) is 26.8 Å². The lowest BCUT2D eigenvalue weighted by Crippen LogP contribution is -2.23. The number of rotatable bonds is 6. The number of ether oxygens (including phenoxy) is 1. The number of benzene rings is 2. The second-order valence-corrected chi connectivity index (χ2v) is 5.40. The first-order chi connectivity index (χ1) is 10.2. The Morgan fingerprint density at radius 1 is 1.10 bits per heavy atom. The van der Waals surface area contributed by atoms with Crippen molar-refractivity contribution < 1.29 is 4.74 Å². The Labute approximate surface area is 132 Å². The van der Waals surface area contributed by atoms with Crippen LogP contribution in [0.2, 0.25) is 5.02 Å². The van der Waals surface area contributed by atoms with Crippen molar-refractivity contribution in [1.29, 1.82) is 0 Å². The molecule has 0 aliphatic heterocycles. The van der Waals surface area contributed by atoms with E-state index >= 15 is 0 Å². The summed E-state index contributed by atoms with van der Waals surface area (Å²) in [6, 6.07) is 14.3. The highest BCUT2D eigenvalue weighted by atomic mass is 35.5. The van der Waals surface area contributed by atoms with Gasteiger partial charge in [-0.05, 0) is 49.7 Å². The summed E-state index contributed by atoms with van der Waals surface area (Å²) in [5.74, 6) is 0.931. The molecule has 0 fully saturated rings. The molecule has 1 N–H and O–H groups in total. The molecule has 0 heterocycles. The Balaban J connectivity index is 2.48. The van der Waals surface area contributed by atoms with Gasteiger partial charge in [-0.3, -0.25) is 0 Å². The molecule has 3 heteroatoms. The fraction of sp³-hybridized carbons (Fsp3) is 0.333. The Morgan fingerprint density at radius 3 is 2.52 bits per heavy atom. The highest BCUT2D eigenvalue weighted by molar-refractivity contribution is 6.30. The minimum Gasteiger partial charge on any atom is -0.494 e. The van der Waals surface area contributed by atoms with E-state index in [1.165, 1.54) is 11.1 Å². The molecule has 0 aliphatic rings. The van der Waals surface area contributed by atoms with Gasteiger partial charge in [-0.1, -0.05) is 42.8 Å². The van der Waals surface area contributed by atoms with Crippen LogP contribution < -0.4 is 10.1 Å². The number of halogens is 1. The number of nitrogens with one attached hydrogen (secondary N) is 1. The van der Waals surface area contributed by atoms with Crippen molar-refractivity contribution in [3.63, 3.8) is 0 Å². The molecule has 0 bridgehead atoms. The quantitative estimate of drug-likeness (QED) is 0.832. The van der Waals surface area contributed by atoms with Gasteiger partial charge < -0.3 is 10.1 Å². The molecule has 1 unspecified atom stereocenters. The summed E-state index contributed by atoms with van der Waals surface area (Å²) in [6.45, 7) is 7.76. The minimum atomic E-state index is 0.106. The molecule has 0 saturated heterocycles. The molecule has 2 nitrogen and oxygen atoms in total. The summed E-state index contributed by atoms with van der Waals surface area (Å²) in [5.41, 5.74) is 3.57. The van der Waals surface area contributed by atoms with Crippen LogP contribution in [0.5, 0.6) is 5.75 Å². The van der Waals surface area contributed by atoms with Gasteiger partial charge in [0.2, 0.25) is 0 Å². The summed E-state index contributed by atoms with van der Waals surface area (Å²) < 4.78 is 5.78. The molecule has 0 radical (unpaired) electrons. The van der Waals surface area contributed by atoms with Crippen LogP contribution in [0, 0.1) is 6.92 Å². The summed E-state index contributed by atoms with van der Waals surface area (Å²) >= 11 is 6.08. The summed E-state index contributed by atoms with van der Waals surface area (Å²) in [5, 5.41) is 4.32. The maximum absolute atomic E-state index is 6.08. The van der Waals surface area contributed by atoms with Gasteiger partial charge in [0.25, 0.3) is 0 Å². The van der Waals surface area contributed by atoms with Gasteiger partial charge in [-0.2, -0.15) is 0 Å². The lowest BCUT2D eigenvalue weighted by molar-refractivity contribution is 0.333. The number of para-hydroxylation sites is 1. The van der Waals surface area contributed by atoms with Gasteiger partial charge in [-0.25, -0.2) is 0 Å². The first-order valence-corrected chi connectivity index (χ1v) is 7.76. The lowest BCUT2D eigenvalue weighted by Gasteiger charge is -2.23. The van der Waals surface area contributed by atoms with Crippen molar-refractivity contribution in [1.82, 2.24) is 5.32 Å². The maximum atomic E-state index is 6.08. The molecule has 0 aromatic heterocycles. The molecule has 21 heavy (non-hydrogen) atoms. The summed E-state index contributed by atoms with van der Waals surface area (Å²) in [7, 11) is 0. The predicted molar refractivity (Wildman–Crippen MR) is 89.3 cm³/mol. The SMILES string of the molecule is CCNC(c1ccc(Cl)cc1C)c1ccccc1OCC. The first kappa shape index (κ1) is 15.9. The van der Waals surface area contributed by atoms with Crippen molar-refractivity contribution in [2.24, 2.45) is 0 Å². The van der Waals surface area contributed by atoms with Crippen LogP contribution in [0.1, 0.15) is 36.6 Å². The molecule has 1 atom stereocenters. The molecule has 112 valence electrons. The average Bonchev–Trinajstić information content (AvgIpc) is 2.47. The van der Waals surface area contributed by atoms with Gasteiger partial charge in [0.15, 0.2) is 0 Å². The van der Waals surface area contributed by atoms with E-state index in [9.17, 15) is 0 Å². The second-order valence-electron chi connectivity index (χ2n) is 4.96. The highest BCUT2D eigenvalue weighted by Crippen LogP contribution is 2.32. The number of hydrogen-bond donors (Lipinski definition) is 1. The van der Waals surface area contributed by atoms with Crippen LogP contribution in [0.3, 0.4) is 0 Å². The van der Waals surface area contributed by atoms with Crippen LogP contribution in [0.4, 0.5) is 0 Å². The fourth-order valence-corrected chi connectivity index (χ4v) is 2.79. The van der Waals surface area contributed by atoms with Crippen molar-refractivity contribution in [3.8, 4) is 5.75 Å². The molecular formula is C18H22ClNO. The van der Waals surface area contributed by atoms with E-state index < -0.39 is 0 Å². The zero-order valence-corrected chi connectivity index (χ0v) is 13.6. The Kier molecular flexibility index (Phi) is 5.66. The summed E-state index contributed by atoms with van der Waals surface area (Å²) in [6.07, 6.45) is 0. The van der Waals surface area contributed by atoms with Gasteiger partial charge >= 0.3 is 0 Å². The van der Waals surface area contributed by atoms with Gasteiger partial charge in [0, 0.05) is 10.6 Å². The number of aryl methyl sites for hydroxylation is 1. The third kappa shape index (κ3) is 3.78. The third-order valence-electron chi connectivity index (χ3n) is 3.48. The highest BCUT2D eigenvalue weighted by Gasteiger charge is 2.19. The van der Waals surface area contributed by atoms with E-state index in [1.54, 1.807) is 0 Å². The van der Waals surface area contributed by atoms with Crippen LogP contribution in [0.25, 0.3) is 0 Å². The van der Waals surface area contributed by atoms with Gasteiger partial charge in [0.05, 0.1) is 12.6 Å². The van der Waals surface area contributed by atoms with E-state index in [1.807, 2.05) is 37.3 Å². The molecule has 2 aromatic rings. The standard InChI is InChI=1S/C18H22ClNO/c1-4-20-18(15-11-10-14(19)12-13(15)3)16-8-6-7-9-17(16)21-5-2/h6-12,18,20H,4-5H2,1-3H3. The topological polar surface area (TPSA) is 21.3 Å². The van der Waals surface area contributed by atoms with E-state index in [-0.39, 0.29) is 6.04 Å². The van der Waals surface area contributed by atoms with Crippen LogP contribution in [0.15, 0.2) is 42.5 Å². The zero-order chi connectivity index (χ0) is 15.2. The minimum absolute atomic E-state index is 0.106. The fourth-order valence-electron chi connectivity index (χ4n) is 2.56. The van der Waals surface area contributed by atoms with Crippen LogP contribution >= 0.6 is 11.6 Å². The molecule has 0 spiro atoms. The van der Waals surface area contributed by atoms with E-state index in [0.717, 1.165) is 22.9 Å². The van der Waals surface area contributed by atoms with E-state index in [4.69, 9.17) is 16.3 Å². The molecule has 0 saturated carbocycles. The average molecular weight is 304 g/mol. The molecule has 2 aromatic carbocycles. The normalized spacial score (nSPS) is 12.2. The monoisotopic (exact) mass is 303 g/mol. The first-order valence-electron chi connectivity index (χ1n) is 7.38. The molecular weight excluding hydrogens is 282 g/mol. The predicted octanol–water partition coefficient (Wildman–Crippen LogP) is 4.75. The van der Waals surface area contributed by atoms with Crippen molar-refractivity contribution >= 4 is 11.6 Å². The van der Waals surface area contributed by atoms with Crippen molar-refractivity contribution in [2.75, 3.05) is 13.2 Å². The van der Waals surface area contributed by atoms with Gasteiger partial charge in [-0.15, -0.1) is 0 Å². The maximum Gasteiger partial charge on any atom is 0.124 e. The Hall–Kier alpha value is -1.51. The van der Waals surface area contributed by atoms with Crippen LogP contribution in [-0.4, -0.2) is 13.2 Å². The smallest absolute Gasteiger partial charge is 0.124 e. The van der Waals surface area contributed by atoms with Crippen LogP contribution in [-0.2, 0) is 0 Å². The zero-order valence-electron chi connectivity index (χ0n) is 12.8. The molecule has 0 amide bonds. The third-order valence-corrected chi connectivity index (χ3v) is 3.72. The summed E-state index contributed by atoms with van der Waals surface area (Å²) in [4.78, 5) is 0. The molecule has 2 rings (SSSR count). The Morgan fingerprint density at radius 2 is 1.86 bits per heavy atom. The Bertz CT molecular complexity index is 598. The molecule has 0 aliphatic carbocycles. The lowest BCUT2D eigenvalue weighted by atomic mass is 9.94. The van der Waals surface area contributed by atoms with Gasteiger partial charge in [0.1, 0.15) is 5.75 Å². The largest absolute Gasteiger partial charge is 0.494 e. The van der Waals surface area contributed by atoms with E-state index in [2.05, 4.69) is 31.3 Å². The van der Waals surface area contributed by atoms with Crippen molar-refractivity contribution in [3.05, 3.63) is 64.2 Å². The van der Waals surface area contributed by atoms with E-state index in [0.29, 0.717) is 6.61 Å². The second kappa shape index (κ2) is 7.48.